The fraction of sp³-hybridized carbons (Fsp3) is 0.174. The Bertz CT molecular complexity index is 1030. The van der Waals surface area contributed by atoms with E-state index in [-0.39, 0.29) is 0 Å². The number of hydrogen-bond acceptors (Lipinski definition) is 5. The van der Waals surface area contributed by atoms with E-state index in [1.165, 1.54) is 0 Å². The Kier molecular flexibility index (Phi) is 7.82. The second-order valence-corrected chi connectivity index (χ2v) is 7.20. The molecule has 0 saturated heterocycles. The average Bonchev–Trinajstić information content (AvgIpc) is 2.76. The minimum absolute atomic E-state index is 0.324. The normalized spacial score (nSPS) is 10.8. The van der Waals surface area contributed by atoms with E-state index < -0.39 is 0 Å². The van der Waals surface area contributed by atoms with Crippen LogP contribution in [-0.2, 0) is 13.2 Å². The summed E-state index contributed by atoms with van der Waals surface area (Å²) in [5.74, 6) is 1.81. The number of rotatable bonds is 9. The molecular formula is C23H22Cl2N2O3. The number of nitrogens with one attached hydrogen (secondary N) is 1. The highest BCUT2D eigenvalue weighted by Gasteiger charge is 2.12. The second-order valence-electron chi connectivity index (χ2n) is 6.36. The zero-order valence-electron chi connectivity index (χ0n) is 16.7. The zero-order chi connectivity index (χ0) is 21.3. The quantitative estimate of drug-likeness (QED) is 0.339. The van der Waals surface area contributed by atoms with Crippen molar-refractivity contribution in [3.8, 4) is 17.2 Å². The predicted molar refractivity (Wildman–Crippen MR) is 121 cm³/mol. The van der Waals surface area contributed by atoms with Crippen LogP contribution in [0.5, 0.6) is 17.2 Å². The van der Waals surface area contributed by atoms with Gasteiger partial charge in [-0.15, -0.1) is 0 Å². The van der Waals surface area contributed by atoms with Crippen LogP contribution in [0.2, 0.25) is 10.0 Å². The van der Waals surface area contributed by atoms with E-state index in [0.29, 0.717) is 34.7 Å². The number of methoxy groups -OCH3 is 2. The molecule has 0 atom stereocenters. The van der Waals surface area contributed by atoms with Crippen LogP contribution >= 0.6 is 23.2 Å². The van der Waals surface area contributed by atoms with Crippen molar-refractivity contribution in [3.05, 3.63) is 87.4 Å². The van der Waals surface area contributed by atoms with Crippen molar-refractivity contribution in [2.45, 2.75) is 13.2 Å². The van der Waals surface area contributed by atoms with Crippen LogP contribution in [0.25, 0.3) is 0 Å². The molecule has 0 aliphatic heterocycles. The summed E-state index contributed by atoms with van der Waals surface area (Å²) in [4.78, 5) is 0. The summed E-state index contributed by atoms with van der Waals surface area (Å²) in [6.07, 6.45) is 1.67. The Morgan fingerprint density at radius 3 is 2.50 bits per heavy atom. The number of benzene rings is 3. The molecule has 1 N–H and O–H groups in total. The number of hydrogen-bond donors (Lipinski definition) is 1. The van der Waals surface area contributed by atoms with E-state index >= 15 is 0 Å². The fourth-order valence-electron chi connectivity index (χ4n) is 2.84. The van der Waals surface area contributed by atoms with Gasteiger partial charge in [0.25, 0.3) is 0 Å². The first-order valence-electron chi connectivity index (χ1n) is 9.23. The number of ether oxygens (including phenoxy) is 3. The van der Waals surface area contributed by atoms with Crippen LogP contribution in [0.4, 0.5) is 0 Å². The highest BCUT2D eigenvalue weighted by atomic mass is 35.5. The molecule has 0 heterocycles. The van der Waals surface area contributed by atoms with Gasteiger partial charge in [-0.1, -0.05) is 53.5 Å². The van der Waals surface area contributed by atoms with Crippen LogP contribution in [0.1, 0.15) is 16.7 Å². The third-order valence-corrected chi connectivity index (χ3v) is 4.81. The van der Waals surface area contributed by atoms with Gasteiger partial charge in [-0.2, -0.15) is 5.10 Å². The maximum absolute atomic E-state index is 6.43. The SMILES string of the molecule is COc1ccccc1CN/N=C\c1cc(Cl)c(OCc2cccc(Cl)c2)c(OC)c1. The van der Waals surface area contributed by atoms with Crippen molar-refractivity contribution in [2.75, 3.05) is 14.2 Å². The summed E-state index contributed by atoms with van der Waals surface area (Å²) in [5.41, 5.74) is 5.74. The van der Waals surface area contributed by atoms with Crippen molar-refractivity contribution in [2.24, 2.45) is 5.10 Å². The minimum atomic E-state index is 0.324. The van der Waals surface area contributed by atoms with Crippen LogP contribution < -0.4 is 19.6 Å². The molecule has 0 amide bonds. The van der Waals surface area contributed by atoms with Gasteiger partial charge < -0.3 is 19.6 Å². The summed E-state index contributed by atoms with van der Waals surface area (Å²) < 4.78 is 16.7. The molecular weight excluding hydrogens is 423 g/mol. The first kappa shape index (κ1) is 21.8. The maximum atomic E-state index is 6.43. The minimum Gasteiger partial charge on any atom is -0.496 e. The van der Waals surface area contributed by atoms with Gasteiger partial charge in [0.15, 0.2) is 11.5 Å². The van der Waals surface area contributed by atoms with Gasteiger partial charge in [-0.05, 0) is 41.5 Å². The standard InChI is InChI=1S/C23H22Cl2N2O3/c1-28-21-9-4-3-7-18(21)14-27-26-13-17-11-20(25)23(22(12-17)29-2)30-15-16-6-5-8-19(24)10-16/h3-13,27H,14-15H2,1-2H3/b26-13-. The lowest BCUT2D eigenvalue weighted by atomic mass is 10.2. The highest BCUT2D eigenvalue weighted by Crippen LogP contribution is 2.36. The molecule has 0 fully saturated rings. The lowest BCUT2D eigenvalue weighted by molar-refractivity contribution is 0.284. The van der Waals surface area contributed by atoms with Gasteiger partial charge in [-0.25, -0.2) is 0 Å². The summed E-state index contributed by atoms with van der Waals surface area (Å²) in [5, 5.41) is 5.35. The van der Waals surface area contributed by atoms with E-state index in [4.69, 9.17) is 37.4 Å². The number of halogens is 2. The van der Waals surface area contributed by atoms with Crippen molar-refractivity contribution >= 4 is 29.4 Å². The number of nitrogens with zero attached hydrogens (tertiary/aromatic N) is 1. The number of para-hydroxylation sites is 1. The largest absolute Gasteiger partial charge is 0.496 e. The van der Waals surface area contributed by atoms with E-state index in [0.717, 1.165) is 22.4 Å². The van der Waals surface area contributed by atoms with Crippen LogP contribution in [0.3, 0.4) is 0 Å². The molecule has 3 aromatic rings. The van der Waals surface area contributed by atoms with Gasteiger partial charge in [0, 0.05) is 10.6 Å². The fourth-order valence-corrected chi connectivity index (χ4v) is 3.32. The van der Waals surface area contributed by atoms with Crippen LogP contribution in [0.15, 0.2) is 65.8 Å². The molecule has 156 valence electrons. The molecule has 0 aliphatic carbocycles. The molecule has 0 saturated carbocycles. The van der Waals surface area contributed by atoms with Gasteiger partial charge >= 0.3 is 0 Å². The monoisotopic (exact) mass is 444 g/mol. The van der Waals surface area contributed by atoms with Gasteiger partial charge in [0.1, 0.15) is 12.4 Å². The molecule has 0 spiro atoms. The van der Waals surface area contributed by atoms with Crippen LogP contribution in [0, 0.1) is 0 Å². The Morgan fingerprint density at radius 1 is 0.933 bits per heavy atom. The zero-order valence-corrected chi connectivity index (χ0v) is 18.2. The van der Waals surface area contributed by atoms with E-state index in [1.807, 2.05) is 54.6 Å². The first-order valence-corrected chi connectivity index (χ1v) is 9.99. The van der Waals surface area contributed by atoms with E-state index in [1.54, 1.807) is 26.5 Å². The molecule has 0 aromatic heterocycles. The molecule has 0 unspecified atom stereocenters. The third kappa shape index (κ3) is 5.81. The second kappa shape index (κ2) is 10.8. The molecule has 3 rings (SSSR count). The third-order valence-electron chi connectivity index (χ3n) is 4.29. The molecule has 0 aliphatic rings. The molecule has 0 bridgehead atoms. The molecule has 3 aromatic carbocycles. The topological polar surface area (TPSA) is 52.1 Å². The smallest absolute Gasteiger partial charge is 0.180 e. The lowest BCUT2D eigenvalue weighted by Crippen LogP contribution is -2.07. The Morgan fingerprint density at radius 2 is 1.73 bits per heavy atom. The van der Waals surface area contributed by atoms with E-state index in [9.17, 15) is 0 Å². The number of hydrazone groups is 1. The maximum Gasteiger partial charge on any atom is 0.180 e. The highest BCUT2D eigenvalue weighted by molar-refractivity contribution is 6.32. The van der Waals surface area contributed by atoms with Gasteiger partial charge in [-0.3, -0.25) is 0 Å². The van der Waals surface area contributed by atoms with Crippen LogP contribution in [-0.4, -0.2) is 20.4 Å². The molecule has 0 radical (unpaired) electrons. The van der Waals surface area contributed by atoms with E-state index in [2.05, 4.69) is 10.5 Å². The van der Waals surface area contributed by atoms with Crippen molar-refractivity contribution < 1.29 is 14.2 Å². The lowest BCUT2D eigenvalue weighted by Gasteiger charge is -2.13. The summed E-state index contributed by atoms with van der Waals surface area (Å²) >= 11 is 12.4. The van der Waals surface area contributed by atoms with Gasteiger partial charge in [0.05, 0.1) is 32.0 Å². The predicted octanol–water partition coefficient (Wildman–Crippen LogP) is 5.71. The summed E-state index contributed by atoms with van der Waals surface area (Å²) in [6.45, 7) is 0.858. The molecule has 7 heteroatoms. The molecule has 30 heavy (non-hydrogen) atoms. The Hall–Kier alpha value is -2.89. The Balaban J connectivity index is 1.66. The molecule has 5 nitrogen and oxygen atoms in total. The van der Waals surface area contributed by atoms with Crippen molar-refractivity contribution in [1.82, 2.24) is 5.43 Å². The van der Waals surface area contributed by atoms with Crippen molar-refractivity contribution in [3.63, 3.8) is 0 Å². The summed E-state index contributed by atoms with van der Waals surface area (Å²) in [7, 11) is 3.21. The average molecular weight is 445 g/mol. The van der Waals surface area contributed by atoms with Gasteiger partial charge in [0.2, 0.25) is 0 Å². The van der Waals surface area contributed by atoms with Crippen molar-refractivity contribution in [1.29, 1.82) is 0 Å². The summed E-state index contributed by atoms with van der Waals surface area (Å²) in [6, 6.07) is 18.8. The Labute approximate surface area is 186 Å². The first-order chi connectivity index (χ1) is 14.6.